The number of imidazole rings is 1. The second kappa shape index (κ2) is 12.4. The predicted octanol–water partition coefficient (Wildman–Crippen LogP) is 1.75. The highest BCUT2D eigenvalue weighted by molar-refractivity contribution is 5.95. The first-order chi connectivity index (χ1) is 20.2. The van der Waals surface area contributed by atoms with Crippen molar-refractivity contribution in [2.45, 2.75) is 25.9 Å². The van der Waals surface area contributed by atoms with E-state index < -0.39 is 35.7 Å². The average Bonchev–Trinajstić information content (AvgIpc) is 3.58. The van der Waals surface area contributed by atoms with Crippen molar-refractivity contribution < 1.29 is 37.4 Å². The van der Waals surface area contributed by atoms with E-state index in [2.05, 4.69) is 15.3 Å². The van der Waals surface area contributed by atoms with Crippen molar-refractivity contribution in [1.82, 2.24) is 24.6 Å². The van der Waals surface area contributed by atoms with Gasteiger partial charge in [-0.25, -0.2) is 18.6 Å². The zero-order valence-electron chi connectivity index (χ0n) is 22.8. The quantitative estimate of drug-likeness (QED) is 0.372. The third-order valence-electron chi connectivity index (χ3n) is 7.01. The maximum Gasteiger partial charge on any atom is 0.414 e. The maximum atomic E-state index is 15.2. The molecule has 0 unspecified atom stereocenters. The topological polar surface area (TPSA) is 139 Å². The van der Waals surface area contributed by atoms with Crippen molar-refractivity contribution in [2.75, 3.05) is 55.7 Å². The van der Waals surface area contributed by atoms with E-state index in [1.54, 1.807) is 23.7 Å². The van der Waals surface area contributed by atoms with E-state index in [0.717, 1.165) is 17.0 Å². The molecular weight excluding hydrogens is 556 g/mol. The van der Waals surface area contributed by atoms with E-state index in [-0.39, 0.29) is 81.7 Å². The van der Waals surface area contributed by atoms with Gasteiger partial charge in [0.2, 0.25) is 5.91 Å². The van der Waals surface area contributed by atoms with E-state index in [1.165, 1.54) is 22.2 Å². The molecule has 0 aliphatic carbocycles. The number of piperazine rings is 1. The summed E-state index contributed by atoms with van der Waals surface area (Å²) in [6, 6.07) is 2.13. The molecule has 4 heterocycles. The number of nitrogens with one attached hydrogen (secondary N) is 1. The molecule has 15 heteroatoms. The molecule has 2 aliphatic heterocycles. The van der Waals surface area contributed by atoms with Crippen molar-refractivity contribution in [1.29, 1.82) is 0 Å². The first-order valence-corrected chi connectivity index (χ1v) is 13.5. The third-order valence-corrected chi connectivity index (χ3v) is 7.01. The number of hydrogen-bond acceptors (Lipinski definition) is 9. The van der Waals surface area contributed by atoms with Gasteiger partial charge in [0.1, 0.15) is 17.5 Å². The fraction of sp³-hybridized carbons (Fsp3) is 0.407. The molecule has 5 rings (SSSR count). The molecule has 2 fully saturated rings. The van der Waals surface area contributed by atoms with Crippen molar-refractivity contribution in [3.63, 3.8) is 0 Å². The number of carbonyl (C=O) groups is 4. The summed E-state index contributed by atoms with van der Waals surface area (Å²) in [6.07, 6.45) is 5.16. The van der Waals surface area contributed by atoms with Gasteiger partial charge in [-0.05, 0) is 13.3 Å². The third kappa shape index (κ3) is 6.24. The van der Waals surface area contributed by atoms with Gasteiger partial charge in [-0.2, -0.15) is 0 Å². The van der Waals surface area contributed by atoms with E-state index in [9.17, 15) is 19.2 Å². The van der Waals surface area contributed by atoms with E-state index >= 15 is 8.78 Å². The highest BCUT2D eigenvalue weighted by Crippen LogP contribution is 2.32. The van der Waals surface area contributed by atoms with Crippen LogP contribution in [0.1, 0.15) is 30.3 Å². The Kier molecular flexibility index (Phi) is 8.45. The second-order valence-electron chi connectivity index (χ2n) is 9.74. The van der Waals surface area contributed by atoms with Crippen LogP contribution in [0, 0.1) is 11.6 Å². The summed E-state index contributed by atoms with van der Waals surface area (Å²) in [5, 5.41) is 2.55. The number of amides is 3. The number of cyclic esters (lactones) is 1. The van der Waals surface area contributed by atoms with Gasteiger partial charge in [-0.15, -0.1) is 0 Å². The molecule has 0 radical (unpaired) electrons. The normalized spacial score (nSPS) is 17.0. The van der Waals surface area contributed by atoms with E-state index in [0.29, 0.717) is 5.65 Å². The zero-order valence-corrected chi connectivity index (χ0v) is 22.8. The first kappa shape index (κ1) is 28.7. The molecule has 222 valence electrons. The van der Waals surface area contributed by atoms with Crippen LogP contribution in [0.4, 0.5) is 25.0 Å². The minimum atomic E-state index is -0.859. The summed E-state index contributed by atoms with van der Waals surface area (Å²) in [5.41, 5.74) is 0.383. The molecule has 3 aromatic rings. The number of esters is 1. The van der Waals surface area contributed by atoms with Crippen LogP contribution in [0.15, 0.2) is 36.9 Å². The molecule has 13 nitrogen and oxygen atoms in total. The zero-order chi connectivity index (χ0) is 29.8. The van der Waals surface area contributed by atoms with E-state index in [1.807, 2.05) is 0 Å². The Balaban J connectivity index is 1.13. The second-order valence-corrected chi connectivity index (χ2v) is 9.74. The first-order valence-electron chi connectivity index (χ1n) is 13.5. The molecule has 3 amide bonds. The van der Waals surface area contributed by atoms with Gasteiger partial charge in [0.05, 0.1) is 31.6 Å². The highest BCUT2D eigenvalue weighted by Gasteiger charge is 2.34. The Bertz CT molecular complexity index is 1450. The Hall–Kier alpha value is -4.82. The van der Waals surface area contributed by atoms with Gasteiger partial charge in [0.25, 0.3) is 5.91 Å². The molecule has 1 N–H and O–H groups in total. The van der Waals surface area contributed by atoms with Crippen molar-refractivity contribution in [3.05, 3.63) is 54.2 Å². The number of anilines is 2. The smallest absolute Gasteiger partial charge is 0.414 e. The van der Waals surface area contributed by atoms with Crippen molar-refractivity contribution in [2.24, 2.45) is 0 Å². The van der Waals surface area contributed by atoms with Crippen LogP contribution in [-0.4, -0.2) is 95.1 Å². The van der Waals surface area contributed by atoms with Gasteiger partial charge in [-0.1, -0.05) is 0 Å². The van der Waals surface area contributed by atoms with Gasteiger partial charge < -0.3 is 29.0 Å². The lowest BCUT2D eigenvalue weighted by Crippen LogP contribution is -2.51. The van der Waals surface area contributed by atoms with E-state index in [4.69, 9.17) is 9.47 Å². The molecule has 2 aromatic heterocycles. The number of carbonyl (C=O) groups excluding carboxylic acids is 4. The fourth-order valence-electron chi connectivity index (χ4n) is 4.89. The lowest BCUT2D eigenvalue weighted by atomic mass is 10.1. The number of aromatic nitrogens is 3. The number of nitrogens with zero attached hydrogens (tertiary/aromatic N) is 6. The van der Waals surface area contributed by atoms with Crippen LogP contribution in [0.5, 0.6) is 0 Å². The number of halogens is 2. The fourth-order valence-corrected chi connectivity index (χ4v) is 4.89. The summed E-state index contributed by atoms with van der Waals surface area (Å²) < 4.78 is 42.1. The Morgan fingerprint density at radius 2 is 1.88 bits per heavy atom. The molecule has 0 spiro atoms. The number of rotatable bonds is 9. The van der Waals surface area contributed by atoms with Gasteiger partial charge in [0.15, 0.2) is 17.3 Å². The van der Waals surface area contributed by atoms with Gasteiger partial charge in [0, 0.05) is 63.3 Å². The molecule has 0 bridgehead atoms. The summed E-state index contributed by atoms with van der Waals surface area (Å²) in [7, 11) is 0. The number of fused-ring (bicyclic) bond motifs is 1. The maximum absolute atomic E-state index is 15.2. The van der Waals surface area contributed by atoms with Crippen LogP contribution in [0.25, 0.3) is 5.65 Å². The van der Waals surface area contributed by atoms with Crippen LogP contribution >= 0.6 is 0 Å². The minimum Gasteiger partial charge on any atom is -0.466 e. The Morgan fingerprint density at radius 1 is 1.14 bits per heavy atom. The molecule has 1 atom stereocenters. The van der Waals surface area contributed by atoms with Crippen molar-refractivity contribution >= 4 is 40.9 Å². The SMILES string of the molecule is CCOC(=O)CC[C@H]1CN(c2cc(F)c(N3CCN(C(=O)CNC(=O)c4cn5ccncc5n4)CC3)c(F)c2)C(=O)O1. The van der Waals surface area contributed by atoms with Crippen LogP contribution < -0.4 is 15.1 Å². The lowest BCUT2D eigenvalue weighted by Gasteiger charge is -2.36. The molecule has 42 heavy (non-hydrogen) atoms. The van der Waals surface area contributed by atoms with Crippen molar-refractivity contribution in [3.8, 4) is 0 Å². The molecule has 1 aromatic carbocycles. The molecule has 0 saturated carbocycles. The number of hydrogen-bond donors (Lipinski definition) is 1. The lowest BCUT2D eigenvalue weighted by molar-refractivity contribution is -0.143. The monoisotopic (exact) mass is 585 g/mol. The summed E-state index contributed by atoms with van der Waals surface area (Å²) in [4.78, 5) is 61.3. The largest absolute Gasteiger partial charge is 0.466 e. The van der Waals surface area contributed by atoms with Gasteiger partial charge in [-0.3, -0.25) is 24.3 Å². The van der Waals surface area contributed by atoms with Crippen LogP contribution in [0.2, 0.25) is 0 Å². The average molecular weight is 586 g/mol. The molecule has 2 saturated heterocycles. The molecular formula is C27H29F2N7O6. The molecule has 2 aliphatic rings. The van der Waals surface area contributed by atoms with Crippen LogP contribution in [-0.2, 0) is 19.1 Å². The predicted molar refractivity (Wildman–Crippen MR) is 144 cm³/mol. The Morgan fingerprint density at radius 3 is 2.57 bits per heavy atom. The highest BCUT2D eigenvalue weighted by atomic mass is 19.1. The van der Waals surface area contributed by atoms with Gasteiger partial charge >= 0.3 is 12.1 Å². The standard InChI is InChI=1S/C27H29F2N7O6/c1-2-41-24(38)4-3-18-15-36(27(40)42-18)17-11-19(28)25(20(29)12-17)34-9-7-33(8-10-34)23(37)14-31-26(39)21-16-35-6-5-30-13-22(35)32-21/h5-6,11-13,16,18H,2-4,7-10,14-15H2,1H3,(H,31,39)/t18-/m0/s1. The number of benzene rings is 1. The summed E-state index contributed by atoms with van der Waals surface area (Å²) in [6.45, 7) is 2.42. The minimum absolute atomic E-state index is 0.00353. The Labute approximate surface area is 239 Å². The number of ether oxygens (including phenoxy) is 2. The summed E-state index contributed by atoms with van der Waals surface area (Å²) >= 11 is 0. The summed E-state index contributed by atoms with van der Waals surface area (Å²) in [5.74, 6) is -2.98. The van der Waals surface area contributed by atoms with Crippen LogP contribution in [0.3, 0.4) is 0 Å².